The van der Waals surface area contributed by atoms with Crippen molar-refractivity contribution in [3.8, 4) is 5.75 Å². The van der Waals surface area contributed by atoms with E-state index in [1.807, 2.05) is 30.4 Å². The number of ether oxygens (including phenoxy) is 1. The van der Waals surface area contributed by atoms with Gasteiger partial charge < -0.3 is 9.84 Å². The van der Waals surface area contributed by atoms with Crippen molar-refractivity contribution in [1.82, 2.24) is 4.98 Å². The molecule has 0 saturated heterocycles. The maximum Gasteiger partial charge on any atom is 0.125 e. The molecule has 5 heteroatoms. The van der Waals surface area contributed by atoms with Crippen LogP contribution in [0.5, 0.6) is 5.75 Å². The van der Waals surface area contributed by atoms with Gasteiger partial charge in [0.25, 0.3) is 0 Å². The maximum atomic E-state index is 13.2. The molecule has 3 aromatic rings. The van der Waals surface area contributed by atoms with Gasteiger partial charge in [-0.15, -0.1) is 11.3 Å². The Morgan fingerprint density at radius 3 is 3.04 bits per heavy atom. The third-order valence-electron chi connectivity index (χ3n) is 3.83. The standard InChI is InChI=1S/C18H14FNO2S/c19-12-3-5-17-14(10-12)20-18(23-17)6-2-11-1-4-16-13(9-11)15(21)7-8-22-16/h1-6,9-10,15,21H,7-8H2. The number of halogens is 1. The van der Waals surface area contributed by atoms with Gasteiger partial charge >= 0.3 is 0 Å². The molecule has 0 aliphatic carbocycles. The molecule has 0 amide bonds. The summed E-state index contributed by atoms with van der Waals surface area (Å²) in [6.45, 7) is 0.547. The Morgan fingerprint density at radius 1 is 1.22 bits per heavy atom. The number of fused-ring (bicyclic) bond motifs is 2. The second-order valence-corrected chi connectivity index (χ2v) is 6.51. The van der Waals surface area contributed by atoms with Crippen molar-refractivity contribution in [2.75, 3.05) is 6.61 Å². The van der Waals surface area contributed by atoms with Gasteiger partial charge in [0, 0.05) is 18.1 Å². The number of aliphatic hydroxyl groups excluding tert-OH is 1. The minimum atomic E-state index is -0.475. The highest BCUT2D eigenvalue weighted by Gasteiger charge is 2.18. The monoisotopic (exact) mass is 327 g/mol. The summed E-state index contributed by atoms with van der Waals surface area (Å²) in [5.41, 5.74) is 2.47. The number of aromatic nitrogens is 1. The van der Waals surface area contributed by atoms with E-state index in [0.29, 0.717) is 18.5 Å². The first-order valence-electron chi connectivity index (χ1n) is 7.38. The van der Waals surface area contributed by atoms with Crippen molar-refractivity contribution >= 4 is 33.7 Å². The van der Waals surface area contributed by atoms with Crippen LogP contribution in [0.15, 0.2) is 36.4 Å². The van der Waals surface area contributed by atoms with Gasteiger partial charge in [0.1, 0.15) is 16.6 Å². The second kappa shape index (κ2) is 5.76. The molecule has 1 atom stereocenters. The van der Waals surface area contributed by atoms with E-state index in [2.05, 4.69) is 4.98 Å². The molecule has 4 rings (SSSR count). The van der Waals surface area contributed by atoms with Crippen LogP contribution in [0, 0.1) is 5.82 Å². The van der Waals surface area contributed by atoms with Crippen LogP contribution in [0.4, 0.5) is 4.39 Å². The molecular formula is C18H14FNO2S. The highest BCUT2D eigenvalue weighted by atomic mass is 32.1. The van der Waals surface area contributed by atoms with Crippen LogP contribution in [0.2, 0.25) is 0 Å². The lowest BCUT2D eigenvalue weighted by atomic mass is 10.0. The van der Waals surface area contributed by atoms with E-state index in [0.717, 1.165) is 26.6 Å². The molecule has 23 heavy (non-hydrogen) atoms. The van der Waals surface area contributed by atoms with Crippen molar-refractivity contribution in [3.63, 3.8) is 0 Å². The summed E-state index contributed by atoms with van der Waals surface area (Å²) >= 11 is 1.52. The van der Waals surface area contributed by atoms with Crippen LogP contribution in [-0.4, -0.2) is 16.7 Å². The molecular weight excluding hydrogens is 313 g/mol. The quantitative estimate of drug-likeness (QED) is 0.757. The average Bonchev–Trinajstić information content (AvgIpc) is 2.95. The van der Waals surface area contributed by atoms with Crippen molar-refractivity contribution in [2.45, 2.75) is 12.5 Å². The fraction of sp³-hybridized carbons (Fsp3) is 0.167. The summed E-state index contributed by atoms with van der Waals surface area (Å²) in [5, 5.41) is 10.9. The van der Waals surface area contributed by atoms with Gasteiger partial charge in [-0.2, -0.15) is 0 Å². The summed E-state index contributed by atoms with van der Waals surface area (Å²) in [5.74, 6) is 0.471. The molecule has 1 aromatic heterocycles. The Bertz CT molecular complexity index is 903. The zero-order chi connectivity index (χ0) is 15.8. The van der Waals surface area contributed by atoms with E-state index < -0.39 is 6.10 Å². The van der Waals surface area contributed by atoms with Crippen LogP contribution >= 0.6 is 11.3 Å². The third-order valence-corrected chi connectivity index (χ3v) is 4.83. The number of hydrogen-bond donors (Lipinski definition) is 1. The molecule has 0 radical (unpaired) electrons. The van der Waals surface area contributed by atoms with Crippen LogP contribution < -0.4 is 4.74 Å². The van der Waals surface area contributed by atoms with E-state index in [4.69, 9.17) is 4.74 Å². The van der Waals surface area contributed by atoms with Crippen LogP contribution in [0.25, 0.3) is 22.4 Å². The van der Waals surface area contributed by atoms with Gasteiger partial charge in [-0.3, -0.25) is 0 Å². The Kier molecular flexibility index (Phi) is 3.59. The van der Waals surface area contributed by atoms with Crippen molar-refractivity contribution in [1.29, 1.82) is 0 Å². The highest BCUT2D eigenvalue weighted by Crippen LogP contribution is 2.33. The fourth-order valence-electron chi connectivity index (χ4n) is 2.66. The molecule has 1 aliphatic heterocycles. The number of benzene rings is 2. The number of nitrogens with zero attached hydrogens (tertiary/aromatic N) is 1. The summed E-state index contributed by atoms with van der Waals surface area (Å²) in [6, 6.07) is 10.4. The van der Waals surface area contributed by atoms with E-state index in [-0.39, 0.29) is 5.82 Å². The first-order chi connectivity index (χ1) is 11.2. The molecule has 0 spiro atoms. The summed E-state index contributed by atoms with van der Waals surface area (Å²) in [6.07, 6.45) is 3.98. The van der Waals surface area contributed by atoms with Gasteiger partial charge in [0.2, 0.25) is 0 Å². The SMILES string of the molecule is OC1CCOc2ccc(C=Cc3nc4cc(F)ccc4s3)cc21. The smallest absolute Gasteiger partial charge is 0.125 e. The Morgan fingerprint density at radius 2 is 2.13 bits per heavy atom. The van der Waals surface area contributed by atoms with Gasteiger partial charge in [-0.1, -0.05) is 12.1 Å². The number of rotatable bonds is 2. The van der Waals surface area contributed by atoms with Gasteiger partial charge in [-0.25, -0.2) is 9.37 Å². The minimum absolute atomic E-state index is 0.276. The molecule has 1 N–H and O–H groups in total. The maximum absolute atomic E-state index is 13.2. The molecule has 2 heterocycles. The summed E-state index contributed by atoms with van der Waals surface area (Å²) < 4.78 is 19.7. The second-order valence-electron chi connectivity index (χ2n) is 5.45. The van der Waals surface area contributed by atoms with Crippen molar-refractivity contribution in [2.24, 2.45) is 0 Å². The van der Waals surface area contributed by atoms with E-state index >= 15 is 0 Å². The predicted molar refractivity (Wildman–Crippen MR) is 90.0 cm³/mol. The van der Waals surface area contributed by atoms with Gasteiger partial charge in [-0.05, 0) is 35.9 Å². The zero-order valence-electron chi connectivity index (χ0n) is 12.2. The topological polar surface area (TPSA) is 42.4 Å². The first kappa shape index (κ1) is 14.4. The molecule has 0 saturated carbocycles. The molecule has 3 nitrogen and oxygen atoms in total. The lowest BCUT2D eigenvalue weighted by Crippen LogP contribution is -2.13. The highest BCUT2D eigenvalue weighted by molar-refractivity contribution is 7.19. The zero-order valence-corrected chi connectivity index (χ0v) is 13.0. The Balaban J connectivity index is 1.63. The Hall–Kier alpha value is -2.24. The van der Waals surface area contributed by atoms with Crippen molar-refractivity contribution in [3.05, 3.63) is 58.3 Å². The van der Waals surface area contributed by atoms with E-state index in [1.54, 1.807) is 6.07 Å². The molecule has 116 valence electrons. The fourth-order valence-corrected chi connectivity index (χ4v) is 3.51. The van der Waals surface area contributed by atoms with Crippen LogP contribution in [-0.2, 0) is 0 Å². The number of aliphatic hydroxyl groups is 1. The molecule has 0 bridgehead atoms. The first-order valence-corrected chi connectivity index (χ1v) is 8.20. The summed E-state index contributed by atoms with van der Waals surface area (Å²) in [4.78, 5) is 4.41. The van der Waals surface area contributed by atoms with Gasteiger partial charge in [0.05, 0.1) is 22.9 Å². The third kappa shape index (κ3) is 2.85. The molecule has 1 aliphatic rings. The molecule has 0 fully saturated rings. The lowest BCUT2D eigenvalue weighted by molar-refractivity contribution is 0.115. The largest absolute Gasteiger partial charge is 0.493 e. The lowest BCUT2D eigenvalue weighted by Gasteiger charge is -2.22. The van der Waals surface area contributed by atoms with Crippen molar-refractivity contribution < 1.29 is 14.2 Å². The molecule has 1 unspecified atom stereocenters. The normalized spacial score (nSPS) is 17.4. The van der Waals surface area contributed by atoms with Gasteiger partial charge in [0.15, 0.2) is 0 Å². The summed E-state index contributed by atoms with van der Waals surface area (Å²) in [7, 11) is 0. The number of hydrogen-bond acceptors (Lipinski definition) is 4. The average molecular weight is 327 g/mol. The van der Waals surface area contributed by atoms with E-state index in [9.17, 15) is 9.50 Å². The predicted octanol–water partition coefficient (Wildman–Crippen LogP) is 4.42. The van der Waals surface area contributed by atoms with Crippen LogP contribution in [0.3, 0.4) is 0 Å². The van der Waals surface area contributed by atoms with E-state index in [1.165, 1.54) is 23.5 Å². The Labute approximate surface area is 136 Å². The molecule has 2 aromatic carbocycles. The van der Waals surface area contributed by atoms with Crippen LogP contribution in [0.1, 0.15) is 28.7 Å². The minimum Gasteiger partial charge on any atom is -0.493 e. The number of thiazole rings is 1.